The zero-order valence-electron chi connectivity index (χ0n) is 19.5. The molecule has 0 aliphatic carbocycles. The van der Waals surface area contributed by atoms with E-state index in [0.29, 0.717) is 33.1 Å². The van der Waals surface area contributed by atoms with Crippen molar-refractivity contribution in [1.29, 1.82) is 0 Å². The number of hydrogen-bond donors (Lipinski definition) is 1. The summed E-state index contributed by atoms with van der Waals surface area (Å²) in [7, 11) is -4.21. The number of nitrogens with one attached hydrogen (secondary N) is 1. The van der Waals surface area contributed by atoms with Crippen molar-refractivity contribution in [2.45, 2.75) is 38.5 Å². The van der Waals surface area contributed by atoms with E-state index in [0.717, 1.165) is 18.9 Å². The van der Waals surface area contributed by atoms with E-state index in [9.17, 15) is 23.3 Å². The first-order valence-corrected chi connectivity index (χ1v) is 12.5. The highest BCUT2D eigenvalue weighted by Gasteiger charge is 2.25. The summed E-state index contributed by atoms with van der Waals surface area (Å²) in [6.07, 6.45) is 1.59. The van der Waals surface area contributed by atoms with E-state index in [1.165, 1.54) is 18.2 Å². The minimum Gasteiger partial charge on any atom is -0.462 e. The second-order valence-corrected chi connectivity index (χ2v) is 9.83. The highest BCUT2D eigenvalue weighted by Crippen LogP contribution is 2.38. The molecule has 0 saturated heterocycles. The van der Waals surface area contributed by atoms with E-state index in [-0.39, 0.29) is 28.4 Å². The second-order valence-electron chi connectivity index (χ2n) is 8.18. The molecule has 35 heavy (non-hydrogen) atoms. The second kappa shape index (κ2) is 9.38. The van der Waals surface area contributed by atoms with Gasteiger partial charge in [0.25, 0.3) is 15.7 Å². The summed E-state index contributed by atoms with van der Waals surface area (Å²) in [5.41, 5.74) is 0.901. The van der Waals surface area contributed by atoms with Crippen LogP contribution in [0, 0.1) is 24.0 Å². The molecule has 0 atom stereocenters. The lowest BCUT2D eigenvalue weighted by Gasteiger charge is -2.13. The van der Waals surface area contributed by atoms with Gasteiger partial charge in [-0.25, -0.2) is 13.2 Å². The number of ether oxygens (including phenoxy) is 1. The van der Waals surface area contributed by atoms with Crippen molar-refractivity contribution in [3.05, 3.63) is 75.5 Å². The van der Waals surface area contributed by atoms with E-state index < -0.39 is 20.9 Å². The van der Waals surface area contributed by atoms with Gasteiger partial charge in [-0.3, -0.25) is 14.8 Å². The highest BCUT2D eigenvalue weighted by molar-refractivity contribution is 7.92. The molecule has 1 heterocycles. The predicted molar refractivity (Wildman–Crippen MR) is 132 cm³/mol. The number of furan rings is 1. The van der Waals surface area contributed by atoms with Gasteiger partial charge < -0.3 is 9.15 Å². The summed E-state index contributed by atoms with van der Waals surface area (Å²) in [4.78, 5) is 23.2. The molecule has 182 valence electrons. The lowest BCUT2D eigenvalue weighted by Crippen LogP contribution is -2.15. The van der Waals surface area contributed by atoms with E-state index >= 15 is 0 Å². The first kappa shape index (κ1) is 24.2. The van der Waals surface area contributed by atoms with Gasteiger partial charge in [0, 0.05) is 28.3 Å². The van der Waals surface area contributed by atoms with Crippen LogP contribution in [0.4, 0.5) is 11.4 Å². The summed E-state index contributed by atoms with van der Waals surface area (Å²) in [5.74, 6) is -0.186. The number of hydrogen-bond acceptors (Lipinski definition) is 7. The van der Waals surface area contributed by atoms with Gasteiger partial charge in [0.05, 0.1) is 22.1 Å². The zero-order valence-corrected chi connectivity index (χ0v) is 20.3. The molecule has 0 bridgehead atoms. The number of benzene rings is 3. The molecule has 3 aromatic carbocycles. The van der Waals surface area contributed by atoms with Crippen molar-refractivity contribution in [1.82, 2.24) is 0 Å². The number of unbranched alkanes of at least 4 members (excludes halogenated alkanes) is 1. The molecule has 0 saturated carbocycles. The van der Waals surface area contributed by atoms with Gasteiger partial charge in [0.15, 0.2) is 0 Å². The summed E-state index contributed by atoms with van der Waals surface area (Å²) in [6.45, 7) is 5.46. The number of fused-ring (bicyclic) bond motifs is 3. The first-order valence-electron chi connectivity index (χ1n) is 11.0. The topological polar surface area (TPSA) is 129 Å². The molecule has 0 spiro atoms. The van der Waals surface area contributed by atoms with Gasteiger partial charge >= 0.3 is 5.97 Å². The molecule has 9 nitrogen and oxygen atoms in total. The monoisotopic (exact) mass is 496 g/mol. The van der Waals surface area contributed by atoms with Crippen LogP contribution in [-0.2, 0) is 14.8 Å². The van der Waals surface area contributed by atoms with Crippen LogP contribution >= 0.6 is 0 Å². The summed E-state index contributed by atoms with van der Waals surface area (Å²) < 4.78 is 40.5. The molecule has 0 radical (unpaired) electrons. The Morgan fingerprint density at radius 1 is 1.09 bits per heavy atom. The number of rotatable bonds is 8. The third-order valence-electron chi connectivity index (χ3n) is 5.72. The number of anilines is 1. The average Bonchev–Trinajstić information content (AvgIpc) is 3.15. The number of carbonyl (C=O) groups is 1. The van der Waals surface area contributed by atoms with Gasteiger partial charge in [-0.15, -0.1) is 0 Å². The molecular formula is C25H24N2O7S. The summed E-state index contributed by atoms with van der Waals surface area (Å²) in [5, 5.41) is 12.8. The minimum absolute atomic E-state index is 0.210. The molecule has 0 aliphatic rings. The third kappa shape index (κ3) is 4.57. The molecule has 0 aliphatic heterocycles. The fourth-order valence-electron chi connectivity index (χ4n) is 3.95. The van der Waals surface area contributed by atoms with Crippen LogP contribution in [-0.4, -0.2) is 25.9 Å². The van der Waals surface area contributed by atoms with Crippen LogP contribution in [0.25, 0.3) is 21.7 Å². The van der Waals surface area contributed by atoms with Gasteiger partial charge in [-0.1, -0.05) is 43.7 Å². The fourth-order valence-corrected chi connectivity index (χ4v) is 5.29. The number of non-ortho nitro benzene ring substituents is 1. The van der Waals surface area contributed by atoms with Crippen LogP contribution in [0.15, 0.2) is 57.8 Å². The van der Waals surface area contributed by atoms with Crippen molar-refractivity contribution < 1.29 is 27.3 Å². The Kier molecular flexibility index (Phi) is 6.49. The van der Waals surface area contributed by atoms with Crippen LogP contribution < -0.4 is 4.72 Å². The Morgan fingerprint density at radius 2 is 1.80 bits per heavy atom. The number of aryl methyl sites for hydroxylation is 2. The Hall–Kier alpha value is -3.92. The molecule has 10 heteroatoms. The van der Waals surface area contributed by atoms with Crippen molar-refractivity contribution in [3.63, 3.8) is 0 Å². The van der Waals surface area contributed by atoms with Gasteiger partial charge in [0.2, 0.25) is 0 Å². The standard InChI is InChI=1S/C25H24N2O7S/c1-4-5-12-33-25(28)23-16(3)34-24-19-9-7-6-8-18(19)21(14-20(23)24)26-35(31,32)22-13-17(27(29)30)11-10-15(22)2/h6-11,13-14,26H,4-5,12H2,1-3H3. The van der Waals surface area contributed by atoms with Crippen LogP contribution in [0.1, 0.15) is 41.4 Å². The number of nitrogens with zero attached hydrogens (tertiary/aromatic N) is 1. The zero-order chi connectivity index (χ0) is 25.3. The summed E-state index contributed by atoms with van der Waals surface area (Å²) >= 11 is 0. The number of sulfonamides is 1. The van der Waals surface area contributed by atoms with E-state index in [1.54, 1.807) is 38.1 Å². The summed E-state index contributed by atoms with van der Waals surface area (Å²) in [6, 6.07) is 12.2. The molecule has 4 rings (SSSR count). The Labute approximate surface area is 201 Å². The smallest absolute Gasteiger partial charge is 0.342 e. The van der Waals surface area contributed by atoms with Crippen molar-refractivity contribution in [3.8, 4) is 0 Å². The number of carbonyl (C=O) groups excluding carboxylic acids is 1. The van der Waals surface area contributed by atoms with Gasteiger partial charge in [0.1, 0.15) is 16.9 Å². The van der Waals surface area contributed by atoms with E-state index in [2.05, 4.69) is 4.72 Å². The molecule has 1 N–H and O–H groups in total. The lowest BCUT2D eigenvalue weighted by atomic mass is 10.0. The number of nitro benzene ring substituents is 1. The number of esters is 1. The van der Waals surface area contributed by atoms with Crippen molar-refractivity contribution in [2.24, 2.45) is 0 Å². The largest absolute Gasteiger partial charge is 0.462 e. The quantitative estimate of drug-likeness (QED) is 0.140. The molecule has 0 fully saturated rings. The lowest BCUT2D eigenvalue weighted by molar-refractivity contribution is -0.385. The normalized spacial score (nSPS) is 11.6. The average molecular weight is 497 g/mol. The maximum Gasteiger partial charge on any atom is 0.342 e. The SMILES string of the molecule is CCCCOC(=O)c1c(C)oc2c1cc(NS(=O)(=O)c1cc([N+](=O)[O-])ccc1C)c1ccccc12. The van der Waals surface area contributed by atoms with Crippen LogP contribution in [0.5, 0.6) is 0 Å². The molecule has 0 amide bonds. The first-order chi connectivity index (χ1) is 16.6. The third-order valence-corrected chi connectivity index (χ3v) is 7.23. The molecule has 0 unspecified atom stereocenters. The van der Waals surface area contributed by atoms with Crippen LogP contribution in [0.3, 0.4) is 0 Å². The molecular weight excluding hydrogens is 472 g/mol. The van der Waals surface area contributed by atoms with E-state index in [1.807, 2.05) is 6.92 Å². The highest BCUT2D eigenvalue weighted by atomic mass is 32.2. The fraction of sp³-hybridized carbons (Fsp3) is 0.240. The maximum absolute atomic E-state index is 13.3. The Morgan fingerprint density at radius 3 is 2.49 bits per heavy atom. The van der Waals surface area contributed by atoms with Crippen molar-refractivity contribution >= 4 is 49.1 Å². The molecule has 1 aromatic heterocycles. The minimum atomic E-state index is -4.21. The Balaban J connectivity index is 1.87. The number of nitro groups is 1. The van der Waals surface area contributed by atoms with Crippen molar-refractivity contribution in [2.75, 3.05) is 11.3 Å². The van der Waals surface area contributed by atoms with Crippen LogP contribution in [0.2, 0.25) is 0 Å². The predicted octanol–water partition coefficient (Wildman–Crippen LogP) is 5.87. The molecule has 4 aromatic rings. The van der Waals surface area contributed by atoms with Gasteiger partial charge in [-0.2, -0.15) is 0 Å². The van der Waals surface area contributed by atoms with E-state index in [4.69, 9.17) is 9.15 Å². The Bertz CT molecular complexity index is 1570. The maximum atomic E-state index is 13.3. The van der Waals surface area contributed by atoms with Gasteiger partial charge in [-0.05, 0) is 31.9 Å².